The summed E-state index contributed by atoms with van der Waals surface area (Å²) < 4.78 is 0. The average molecular weight is 271 g/mol. The van der Waals surface area contributed by atoms with Crippen LogP contribution >= 0.6 is 0 Å². The van der Waals surface area contributed by atoms with Crippen LogP contribution in [0.5, 0.6) is 0 Å². The van der Waals surface area contributed by atoms with E-state index in [1.54, 1.807) is 0 Å². The van der Waals surface area contributed by atoms with Gasteiger partial charge in [0.25, 0.3) is 0 Å². The number of hydrogen-bond acceptors (Lipinski definition) is 0. The zero-order valence-corrected chi connectivity index (χ0v) is 11.6. The van der Waals surface area contributed by atoms with E-state index in [4.69, 9.17) is 0 Å². The molecule has 0 amide bonds. The van der Waals surface area contributed by atoms with E-state index in [-0.39, 0.29) is 18.6 Å². The Morgan fingerprint density at radius 3 is 1.94 bits per heavy atom. The Morgan fingerprint density at radius 1 is 0.722 bits per heavy atom. The average Bonchev–Trinajstić information content (AvgIpc) is 3.06. The van der Waals surface area contributed by atoms with Gasteiger partial charge in [-0.3, -0.25) is 0 Å². The van der Waals surface area contributed by atoms with Gasteiger partial charge in [0.1, 0.15) is 0 Å². The first-order chi connectivity index (χ1) is 8.45. The molecule has 0 aliphatic carbocycles. The van der Waals surface area contributed by atoms with E-state index in [0.29, 0.717) is 0 Å². The van der Waals surface area contributed by atoms with E-state index in [1.165, 1.54) is 11.1 Å². The SMILES string of the molecule is [V+2].c1cc[cH-]c1.c1ccc(Cc2ccc[cH-]2)cc1. The fourth-order valence-corrected chi connectivity index (χ4v) is 1.68. The standard InChI is InChI=1S/C12H11.C5H5.V/c1-2-6-11(7-3-1)10-12-8-4-5-9-12;1-2-4-5-3-1;/h1-9H,10H2;1-5H;/q2*-1;+2. The van der Waals surface area contributed by atoms with Crippen molar-refractivity contribution in [2.45, 2.75) is 6.42 Å². The topological polar surface area (TPSA) is 0 Å². The monoisotopic (exact) mass is 271 g/mol. The molecule has 1 radical (unpaired) electrons. The van der Waals surface area contributed by atoms with Crippen LogP contribution in [0.4, 0.5) is 0 Å². The van der Waals surface area contributed by atoms with Crippen LogP contribution < -0.4 is 0 Å². The van der Waals surface area contributed by atoms with Crippen LogP contribution in [0, 0.1) is 0 Å². The molecule has 0 bridgehead atoms. The Kier molecular flexibility index (Phi) is 6.94. The third kappa shape index (κ3) is 5.22. The van der Waals surface area contributed by atoms with E-state index < -0.39 is 0 Å². The van der Waals surface area contributed by atoms with Crippen molar-refractivity contribution in [2.24, 2.45) is 0 Å². The summed E-state index contributed by atoms with van der Waals surface area (Å²) in [5, 5.41) is 0. The summed E-state index contributed by atoms with van der Waals surface area (Å²) in [6.45, 7) is 0. The maximum atomic E-state index is 2.16. The molecule has 0 saturated carbocycles. The molecule has 0 heterocycles. The Labute approximate surface area is 121 Å². The van der Waals surface area contributed by atoms with Gasteiger partial charge < -0.3 is 0 Å². The second kappa shape index (κ2) is 8.57. The zero-order chi connectivity index (χ0) is 11.8. The van der Waals surface area contributed by atoms with Crippen molar-refractivity contribution < 1.29 is 18.6 Å². The van der Waals surface area contributed by atoms with Crippen LogP contribution in [-0.4, -0.2) is 0 Å². The fraction of sp³-hybridized carbons (Fsp3) is 0.0588. The van der Waals surface area contributed by atoms with E-state index in [1.807, 2.05) is 30.3 Å². The van der Waals surface area contributed by atoms with Crippen LogP contribution in [0.2, 0.25) is 0 Å². The fourth-order valence-electron chi connectivity index (χ4n) is 1.68. The number of benzene rings is 1. The van der Waals surface area contributed by atoms with Crippen LogP contribution in [0.25, 0.3) is 0 Å². The zero-order valence-electron chi connectivity index (χ0n) is 10.2. The smallest absolute Gasteiger partial charge is 0.214 e. The molecule has 1 heteroatoms. The second-order valence-corrected chi connectivity index (χ2v) is 3.92. The summed E-state index contributed by atoms with van der Waals surface area (Å²) in [5.41, 5.74) is 2.77. The van der Waals surface area contributed by atoms with Gasteiger partial charge in [-0.25, -0.2) is 24.3 Å². The van der Waals surface area contributed by atoms with Crippen molar-refractivity contribution in [3.63, 3.8) is 0 Å². The van der Waals surface area contributed by atoms with E-state index in [0.717, 1.165) is 6.42 Å². The molecule has 0 unspecified atom stereocenters. The van der Waals surface area contributed by atoms with E-state index in [2.05, 4.69) is 54.6 Å². The van der Waals surface area contributed by atoms with Crippen LogP contribution in [0.3, 0.4) is 0 Å². The Balaban J connectivity index is 0.000000230. The summed E-state index contributed by atoms with van der Waals surface area (Å²) in [6.07, 6.45) is 1.05. The van der Waals surface area contributed by atoms with Gasteiger partial charge in [0.2, 0.25) is 0 Å². The molecule has 0 fully saturated rings. The molecular formula is C17H16V. The summed E-state index contributed by atoms with van der Waals surface area (Å²) in [4.78, 5) is 0. The first-order valence-electron chi connectivity index (χ1n) is 5.86. The molecule has 3 rings (SSSR count). The van der Waals surface area contributed by atoms with Gasteiger partial charge in [-0.2, -0.15) is 35.9 Å². The summed E-state index contributed by atoms with van der Waals surface area (Å²) in [7, 11) is 0. The molecule has 0 aliphatic heterocycles. The molecular weight excluding hydrogens is 255 g/mol. The van der Waals surface area contributed by atoms with Crippen molar-refractivity contribution in [3.05, 3.63) is 96.1 Å². The molecule has 0 atom stereocenters. The molecule has 3 aromatic carbocycles. The first-order valence-corrected chi connectivity index (χ1v) is 5.86. The summed E-state index contributed by atoms with van der Waals surface area (Å²) in [6, 6.07) is 29.0. The normalized spacial score (nSPS) is 8.89. The quantitative estimate of drug-likeness (QED) is 0.606. The van der Waals surface area contributed by atoms with Crippen LogP contribution in [0.1, 0.15) is 11.1 Å². The molecule has 0 nitrogen and oxygen atoms in total. The summed E-state index contributed by atoms with van der Waals surface area (Å²) in [5.74, 6) is 0. The van der Waals surface area contributed by atoms with Crippen LogP contribution in [0.15, 0.2) is 84.9 Å². The molecule has 0 N–H and O–H groups in total. The Hall–Kier alpha value is -1.50. The predicted octanol–water partition coefficient (Wildman–Crippen LogP) is 4.40. The third-order valence-corrected chi connectivity index (χ3v) is 2.54. The molecule has 0 spiro atoms. The predicted molar refractivity (Wildman–Crippen MR) is 73.3 cm³/mol. The van der Waals surface area contributed by atoms with Crippen molar-refractivity contribution in [3.8, 4) is 0 Å². The van der Waals surface area contributed by atoms with Crippen molar-refractivity contribution in [1.29, 1.82) is 0 Å². The third-order valence-electron chi connectivity index (χ3n) is 2.54. The van der Waals surface area contributed by atoms with Gasteiger partial charge in [-0.1, -0.05) is 30.3 Å². The molecule has 0 aromatic heterocycles. The maximum absolute atomic E-state index is 2.16. The number of hydrogen-bond donors (Lipinski definition) is 0. The van der Waals surface area contributed by atoms with Gasteiger partial charge >= 0.3 is 18.6 Å². The number of rotatable bonds is 2. The summed E-state index contributed by atoms with van der Waals surface area (Å²) >= 11 is 0. The van der Waals surface area contributed by atoms with Gasteiger partial charge in [0.05, 0.1) is 0 Å². The second-order valence-electron chi connectivity index (χ2n) is 3.92. The molecule has 0 aliphatic rings. The molecule has 18 heavy (non-hydrogen) atoms. The van der Waals surface area contributed by atoms with Gasteiger partial charge in [-0.15, -0.1) is 0 Å². The van der Waals surface area contributed by atoms with Crippen molar-refractivity contribution in [2.75, 3.05) is 0 Å². The van der Waals surface area contributed by atoms with E-state index >= 15 is 0 Å². The maximum Gasteiger partial charge on any atom is 2.00 e. The van der Waals surface area contributed by atoms with E-state index in [9.17, 15) is 0 Å². The van der Waals surface area contributed by atoms with Gasteiger partial charge in [0.15, 0.2) is 0 Å². The Bertz CT molecular complexity index is 460. The van der Waals surface area contributed by atoms with Crippen molar-refractivity contribution >= 4 is 0 Å². The van der Waals surface area contributed by atoms with Gasteiger partial charge in [-0.05, 0) is 12.0 Å². The van der Waals surface area contributed by atoms with Gasteiger partial charge in [0, 0.05) is 0 Å². The Morgan fingerprint density at radius 2 is 1.44 bits per heavy atom. The van der Waals surface area contributed by atoms with Crippen molar-refractivity contribution in [1.82, 2.24) is 0 Å². The van der Waals surface area contributed by atoms with Crippen LogP contribution in [-0.2, 0) is 25.0 Å². The first kappa shape index (κ1) is 14.6. The minimum absolute atomic E-state index is 0. The largest absolute Gasteiger partial charge is 2.00 e. The minimum atomic E-state index is 0. The molecule has 3 aromatic rings. The molecule has 89 valence electrons. The molecule has 0 saturated heterocycles. The minimum Gasteiger partial charge on any atom is -0.214 e.